The lowest BCUT2D eigenvalue weighted by Crippen LogP contribution is -2.32. The second-order valence-electron chi connectivity index (χ2n) is 5.59. The highest BCUT2D eigenvalue weighted by Gasteiger charge is 2.31. The maximum atomic E-state index is 5.97. The van der Waals surface area contributed by atoms with Crippen LogP contribution in [0.4, 0.5) is 0 Å². The summed E-state index contributed by atoms with van der Waals surface area (Å²) >= 11 is 0. The number of allylic oxidation sites excluding steroid dienone is 2. The predicted molar refractivity (Wildman–Crippen MR) is 75.9 cm³/mol. The smallest absolute Gasteiger partial charge is 0.119 e. The van der Waals surface area contributed by atoms with Crippen LogP contribution in [0.3, 0.4) is 0 Å². The van der Waals surface area contributed by atoms with E-state index in [0.29, 0.717) is 12.5 Å². The Labute approximate surface area is 110 Å². The molecule has 0 amide bonds. The summed E-state index contributed by atoms with van der Waals surface area (Å²) in [7, 11) is 0. The van der Waals surface area contributed by atoms with Crippen LogP contribution in [0.15, 0.2) is 36.4 Å². The van der Waals surface area contributed by atoms with Crippen molar-refractivity contribution in [1.82, 2.24) is 0 Å². The summed E-state index contributed by atoms with van der Waals surface area (Å²) in [5, 5.41) is 0. The van der Waals surface area contributed by atoms with E-state index < -0.39 is 0 Å². The predicted octanol–water partition coefficient (Wildman–Crippen LogP) is 3.27. The summed E-state index contributed by atoms with van der Waals surface area (Å²) in [4.78, 5) is 0. The van der Waals surface area contributed by atoms with Gasteiger partial charge in [0.1, 0.15) is 5.75 Å². The first-order valence-corrected chi connectivity index (χ1v) is 6.75. The molecular weight excluding hydrogens is 222 g/mol. The fraction of sp³-hybridized carbons (Fsp3) is 0.500. The minimum atomic E-state index is 0.122. The monoisotopic (exact) mass is 245 g/mol. The van der Waals surface area contributed by atoms with Crippen LogP contribution in [-0.2, 0) is 5.41 Å². The summed E-state index contributed by atoms with van der Waals surface area (Å²) in [6.07, 6.45) is 6.57. The van der Waals surface area contributed by atoms with Crippen LogP contribution in [0, 0.1) is 5.92 Å². The lowest BCUT2D eigenvalue weighted by molar-refractivity contribution is 0.271. The maximum absolute atomic E-state index is 5.97. The summed E-state index contributed by atoms with van der Waals surface area (Å²) < 4.78 is 5.70. The molecule has 98 valence electrons. The third-order valence-corrected chi connectivity index (χ3v) is 3.62. The number of hydrogen-bond acceptors (Lipinski definition) is 2. The Hall–Kier alpha value is -1.28. The fourth-order valence-electron chi connectivity index (χ4n) is 2.39. The first-order valence-electron chi connectivity index (χ1n) is 6.75. The van der Waals surface area contributed by atoms with Gasteiger partial charge >= 0.3 is 0 Å². The molecule has 2 rings (SSSR count). The van der Waals surface area contributed by atoms with E-state index in [2.05, 4.69) is 50.3 Å². The third-order valence-electron chi connectivity index (χ3n) is 3.62. The van der Waals surface area contributed by atoms with Crippen LogP contribution in [0.1, 0.15) is 32.3 Å². The molecule has 0 bridgehead atoms. The Kier molecular flexibility index (Phi) is 4.07. The van der Waals surface area contributed by atoms with E-state index in [4.69, 9.17) is 10.5 Å². The van der Waals surface area contributed by atoms with Gasteiger partial charge < -0.3 is 10.5 Å². The average Bonchev–Trinajstić information content (AvgIpc) is 2.87. The summed E-state index contributed by atoms with van der Waals surface area (Å²) in [5.41, 5.74) is 7.41. The zero-order chi connectivity index (χ0) is 13.0. The van der Waals surface area contributed by atoms with Crippen LogP contribution in [0.5, 0.6) is 5.75 Å². The minimum Gasteiger partial charge on any atom is -0.493 e. The van der Waals surface area contributed by atoms with E-state index in [0.717, 1.165) is 25.2 Å². The third kappa shape index (κ3) is 2.75. The van der Waals surface area contributed by atoms with Crippen LogP contribution in [-0.4, -0.2) is 13.2 Å². The molecule has 18 heavy (non-hydrogen) atoms. The Morgan fingerprint density at radius 2 is 1.78 bits per heavy atom. The molecule has 2 N–H and O–H groups in total. The number of ether oxygens (including phenoxy) is 1. The van der Waals surface area contributed by atoms with Crippen molar-refractivity contribution in [3.8, 4) is 5.75 Å². The van der Waals surface area contributed by atoms with Gasteiger partial charge in [0.05, 0.1) is 6.61 Å². The van der Waals surface area contributed by atoms with E-state index >= 15 is 0 Å². The highest BCUT2D eigenvalue weighted by atomic mass is 16.5. The van der Waals surface area contributed by atoms with Gasteiger partial charge in [-0.1, -0.05) is 38.1 Å². The Morgan fingerprint density at radius 3 is 2.28 bits per heavy atom. The topological polar surface area (TPSA) is 35.2 Å². The van der Waals surface area contributed by atoms with Gasteiger partial charge in [0.25, 0.3) is 0 Å². The van der Waals surface area contributed by atoms with E-state index in [1.54, 1.807) is 0 Å². The molecule has 0 aliphatic heterocycles. The van der Waals surface area contributed by atoms with E-state index in [9.17, 15) is 0 Å². The molecule has 2 nitrogen and oxygen atoms in total. The summed E-state index contributed by atoms with van der Waals surface area (Å²) in [6.45, 7) is 5.78. The molecule has 0 fully saturated rings. The van der Waals surface area contributed by atoms with Crippen molar-refractivity contribution in [2.24, 2.45) is 11.7 Å². The maximum Gasteiger partial charge on any atom is 0.119 e. The molecule has 1 aromatic carbocycles. The van der Waals surface area contributed by atoms with E-state index in [-0.39, 0.29) is 5.41 Å². The van der Waals surface area contributed by atoms with E-state index in [1.165, 1.54) is 5.56 Å². The van der Waals surface area contributed by atoms with Gasteiger partial charge in [0.15, 0.2) is 0 Å². The number of rotatable bonds is 5. The van der Waals surface area contributed by atoms with Crippen molar-refractivity contribution >= 4 is 0 Å². The van der Waals surface area contributed by atoms with Gasteiger partial charge in [0.2, 0.25) is 0 Å². The van der Waals surface area contributed by atoms with Crippen molar-refractivity contribution < 1.29 is 4.74 Å². The first-order chi connectivity index (χ1) is 8.66. The van der Waals surface area contributed by atoms with Crippen molar-refractivity contribution in [1.29, 1.82) is 0 Å². The second kappa shape index (κ2) is 5.57. The van der Waals surface area contributed by atoms with Gasteiger partial charge in [0, 0.05) is 12.0 Å². The van der Waals surface area contributed by atoms with Crippen molar-refractivity contribution in [3.63, 3.8) is 0 Å². The quantitative estimate of drug-likeness (QED) is 0.808. The number of hydrogen-bond donors (Lipinski definition) is 1. The Morgan fingerprint density at radius 1 is 1.17 bits per heavy atom. The summed E-state index contributed by atoms with van der Waals surface area (Å²) in [6, 6.07) is 8.45. The highest BCUT2D eigenvalue weighted by Crippen LogP contribution is 2.36. The van der Waals surface area contributed by atoms with Crippen molar-refractivity contribution in [2.45, 2.75) is 32.1 Å². The van der Waals surface area contributed by atoms with Crippen LogP contribution < -0.4 is 10.5 Å². The molecule has 1 aromatic rings. The molecular formula is C16H23NO. The lowest BCUT2D eigenvalue weighted by Gasteiger charge is -2.28. The lowest BCUT2D eigenvalue weighted by atomic mass is 9.78. The second-order valence-corrected chi connectivity index (χ2v) is 5.59. The molecule has 0 heterocycles. The summed E-state index contributed by atoms with van der Waals surface area (Å²) in [5.74, 6) is 1.50. The van der Waals surface area contributed by atoms with Crippen molar-refractivity contribution in [2.75, 3.05) is 13.2 Å². The molecule has 0 saturated heterocycles. The Balaban J connectivity index is 2.07. The molecule has 1 aliphatic rings. The van der Waals surface area contributed by atoms with E-state index in [1.807, 2.05) is 0 Å². The van der Waals surface area contributed by atoms with Crippen LogP contribution in [0.2, 0.25) is 0 Å². The molecule has 0 radical (unpaired) electrons. The van der Waals surface area contributed by atoms with Gasteiger partial charge in [-0.15, -0.1) is 0 Å². The SMILES string of the molecule is CC(C)COc1ccc(C2(CN)CC=CC2)cc1. The van der Waals surface area contributed by atoms with Crippen LogP contribution >= 0.6 is 0 Å². The van der Waals surface area contributed by atoms with Crippen LogP contribution in [0.25, 0.3) is 0 Å². The molecule has 0 atom stereocenters. The molecule has 2 heteroatoms. The highest BCUT2D eigenvalue weighted by molar-refractivity contribution is 5.35. The normalized spacial score (nSPS) is 17.3. The molecule has 0 spiro atoms. The fourth-order valence-corrected chi connectivity index (χ4v) is 2.39. The number of nitrogens with two attached hydrogens (primary N) is 1. The first kappa shape index (κ1) is 13.2. The zero-order valence-corrected chi connectivity index (χ0v) is 11.4. The molecule has 0 unspecified atom stereocenters. The molecule has 0 saturated carbocycles. The van der Waals surface area contributed by atoms with Gasteiger partial charge in [-0.05, 0) is 36.5 Å². The Bertz CT molecular complexity index is 398. The number of benzene rings is 1. The molecule has 1 aliphatic carbocycles. The van der Waals surface area contributed by atoms with Gasteiger partial charge in [-0.25, -0.2) is 0 Å². The minimum absolute atomic E-state index is 0.122. The van der Waals surface area contributed by atoms with Crippen molar-refractivity contribution in [3.05, 3.63) is 42.0 Å². The van der Waals surface area contributed by atoms with Gasteiger partial charge in [-0.2, -0.15) is 0 Å². The van der Waals surface area contributed by atoms with Gasteiger partial charge in [-0.3, -0.25) is 0 Å². The zero-order valence-electron chi connectivity index (χ0n) is 11.4. The molecule has 0 aromatic heterocycles. The largest absolute Gasteiger partial charge is 0.493 e. The average molecular weight is 245 g/mol. The standard InChI is InChI=1S/C16H23NO/c1-13(2)11-18-15-7-5-14(6-8-15)16(12-17)9-3-4-10-16/h3-8,13H,9-12,17H2,1-2H3.